The number of benzene rings is 1. The molecule has 0 aliphatic carbocycles. The van der Waals surface area contributed by atoms with Crippen LogP contribution in [-0.2, 0) is 10.2 Å². The van der Waals surface area contributed by atoms with E-state index in [1.54, 1.807) is 19.1 Å². The Morgan fingerprint density at radius 1 is 1.38 bits per heavy atom. The van der Waals surface area contributed by atoms with Crippen molar-refractivity contribution >= 4 is 21.8 Å². The summed E-state index contributed by atoms with van der Waals surface area (Å²) in [7, 11) is -2.33. The van der Waals surface area contributed by atoms with E-state index in [2.05, 4.69) is 10.0 Å². The van der Waals surface area contributed by atoms with Crippen molar-refractivity contribution in [1.29, 1.82) is 0 Å². The quantitative estimate of drug-likeness (QED) is 0.694. The normalized spacial score (nSPS) is 10.9. The Labute approximate surface area is 94.0 Å². The number of amides is 1. The minimum absolute atomic E-state index is 0.282. The molecule has 0 aromatic heterocycles. The lowest BCUT2D eigenvalue weighted by atomic mass is 10.1. The maximum atomic E-state index is 11.4. The molecular formula is C9H13N3O3S. The molecule has 4 N–H and O–H groups in total. The molecule has 0 aliphatic heterocycles. The fourth-order valence-electron chi connectivity index (χ4n) is 1.28. The van der Waals surface area contributed by atoms with Crippen molar-refractivity contribution in [3.63, 3.8) is 0 Å². The largest absolute Gasteiger partial charge is 0.355 e. The molecule has 88 valence electrons. The highest BCUT2D eigenvalue weighted by Crippen LogP contribution is 2.19. The van der Waals surface area contributed by atoms with Gasteiger partial charge in [0.2, 0.25) is 0 Å². The average Bonchev–Trinajstić information content (AvgIpc) is 2.18. The third-order valence-corrected chi connectivity index (χ3v) is 2.56. The number of hydrogen-bond donors (Lipinski definition) is 3. The number of nitrogens with two attached hydrogens (primary N) is 1. The lowest BCUT2D eigenvalue weighted by Gasteiger charge is -2.10. The number of rotatable bonds is 3. The summed E-state index contributed by atoms with van der Waals surface area (Å²) < 4.78 is 23.9. The molecule has 0 saturated heterocycles. The molecule has 0 spiro atoms. The molecule has 0 aliphatic rings. The summed E-state index contributed by atoms with van der Waals surface area (Å²) in [6.45, 7) is 1.64. The second kappa shape index (κ2) is 4.50. The van der Waals surface area contributed by atoms with E-state index in [1.807, 2.05) is 0 Å². The number of carbonyl (C=O) groups excluding carboxylic acids is 1. The van der Waals surface area contributed by atoms with E-state index in [4.69, 9.17) is 5.14 Å². The molecule has 0 saturated carbocycles. The topological polar surface area (TPSA) is 101 Å². The van der Waals surface area contributed by atoms with Gasteiger partial charge >= 0.3 is 0 Å². The van der Waals surface area contributed by atoms with Gasteiger partial charge in [-0.2, -0.15) is 8.42 Å². The predicted octanol–water partition coefficient (Wildman–Crippen LogP) is -0.0300. The van der Waals surface area contributed by atoms with Gasteiger partial charge in [-0.1, -0.05) is 6.07 Å². The Morgan fingerprint density at radius 2 is 2.00 bits per heavy atom. The minimum Gasteiger partial charge on any atom is -0.355 e. The number of carbonyl (C=O) groups is 1. The Balaban J connectivity index is 3.19. The van der Waals surface area contributed by atoms with E-state index < -0.39 is 10.2 Å². The van der Waals surface area contributed by atoms with Gasteiger partial charge in [0.25, 0.3) is 16.1 Å². The second-order valence-corrected chi connectivity index (χ2v) is 4.50. The highest BCUT2D eigenvalue weighted by molar-refractivity contribution is 7.90. The summed E-state index contributed by atoms with van der Waals surface area (Å²) in [5.74, 6) is -0.282. The first-order valence-electron chi connectivity index (χ1n) is 4.47. The van der Waals surface area contributed by atoms with Crippen molar-refractivity contribution in [3.05, 3.63) is 29.3 Å². The van der Waals surface area contributed by atoms with Crippen LogP contribution in [0.4, 0.5) is 5.69 Å². The summed E-state index contributed by atoms with van der Waals surface area (Å²) in [6.07, 6.45) is 0. The molecule has 0 atom stereocenters. The van der Waals surface area contributed by atoms with Crippen LogP contribution in [-0.4, -0.2) is 21.4 Å². The third kappa shape index (κ3) is 2.94. The van der Waals surface area contributed by atoms with Crippen molar-refractivity contribution in [2.75, 3.05) is 11.8 Å². The molecular weight excluding hydrogens is 230 g/mol. The molecule has 6 nitrogen and oxygen atoms in total. The zero-order chi connectivity index (χ0) is 12.3. The van der Waals surface area contributed by atoms with Gasteiger partial charge in [0.1, 0.15) is 0 Å². The first-order valence-corrected chi connectivity index (χ1v) is 6.02. The maximum Gasteiger partial charge on any atom is 0.296 e. The van der Waals surface area contributed by atoms with Gasteiger partial charge in [-0.3, -0.25) is 9.52 Å². The maximum absolute atomic E-state index is 11.4. The molecule has 1 rings (SSSR count). The molecule has 0 bridgehead atoms. The third-order valence-electron chi connectivity index (χ3n) is 2.06. The van der Waals surface area contributed by atoms with Crippen LogP contribution in [0.1, 0.15) is 15.9 Å². The van der Waals surface area contributed by atoms with Crippen molar-refractivity contribution in [1.82, 2.24) is 5.32 Å². The van der Waals surface area contributed by atoms with Crippen LogP contribution in [0.15, 0.2) is 18.2 Å². The summed E-state index contributed by atoms with van der Waals surface area (Å²) in [5.41, 5.74) is 1.22. The Hall–Kier alpha value is -1.60. The van der Waals surface area contributed by atoms with E-state index in [1.165, 1.54) is 13.1 Å². The summed E-state index contributed by atoms with van der Waals surface area (Å²) in [4.78, 5) is 11.4. The lowest BCUT2D eigenvalue weighted by Crippen LogP contribution is -2.24. The summed E-state index contributed by atoms with van der Waals surface area (Å²) >= 11 is 0. The fourth-order valence-corrected chi connectivity index (χ4v) is 1.81. The predicted molar refractivity (Wildman–Crippen MR) is 61.3 cm³/mol. The van der Waals surface area contributed by atoms with Crippen LogP contribution in [0, 0.1) is 6.92 Å². The standard InChI is InChI=1S/C9H13N3O3S/c1-6-7(9(13)11-2)4-3-5-8(6)12-16(10,14)15/h3-5,12H,1-2H3,(H,11,13)(H2,10,14,15). The summed E-state index contributed by atoms with van der Waals surface area (Å²) in [5, 5.41) is 7.32. The van der Waals surface area contributed by atoms with E-state index in [0.29, 0.717) is 16.8 Å². The van der Waals surface area contributed by atoms with Gasteiger partial charge in [0, 0.05) is 12.6 Å². The molecule has 1 amide bonds. The fraction of sp³-hybridized carbons (Fsp3) is 0.222. The zero-order valence-corrected chi connectivity index (χ0v) is 9.76. The van der Waals surface area contributed by atoms with Crippen LogP contribution >= 0.6 is 0 Å². The van der Waals surface area contributed by atoms with Crippen molar-refractivity contribution in [2.24, 2.45) is 5.14 Å². The van der Waals surface area contributed by atoms with Crippen molar-refractivity contribution in [2.45, 2.75) is 6.92 Å². The van der Waals surface area contributed by atoms with Crippen LogP contribution in [0.3, 0.4) is 0 Å². The Kier molecular flexibility index (Phi) is 3.51. The smallest absolute Gasteiger partial charge is 0.296 e. The lowest BCUT2D eigenvalue weighted by molar-refractivity contribution is 0.0962. The molecule has 0 heterocycles. The van der Waals surface area contributed by atoms with Crippen molar-refractivity contribution in [3.8, 4) is 0 Å². The first kappa shape index (κ1) is 12.5. The highest BCUT2D eigenvalue weighted by atomic mass is 32.2. The van der Waals surface area contributed by atoms with Gasteiger partial charge in [0.15, 0.2) is 0 Å². The van der Waals surface area contributed by atoms with Crippen LogP contribution < -0.4 is 15.2 Å². The zero-order valence-electron chi connectivity index (χ0n) is 8.94. The molecule has 0 fully saturated rings. The van der Waals surface area contributed by atoms with Crippen LogP contribution in [0.5, 0.6) is 0 Å². The minimum atomic E-state index is -3.83. The van der Waals surface area contributed by atoms with E-state index >= 15 is 0 Å². The van der Waals surface area contributed by atoms with Crippen molar-refractivity contribution < 1.29 is 13.2 Å². The molecule has 1 aromatic carbocycles. The molecule has 7 heteroatoms. The molecule has 16 heavy (non-hydrogen) atoms. The van der Waals surface area contributed by atoms with Gasteiger partial charge in [0.05, 0.1) is 5.69 Å². The van der Waals surface area contributed by atoms with Crippen LogP contribution in [0.25, 0.3) is 0 Å². The summed E-state index contributed by atoms with van der Waals surface area (Å²) in [6, 6.07) is 4.71. The first-order chi connectivity index (χ1) is 7.35. The van der Waals surface area contributed by atoms with Gasteiger partial charge in [-0.05, 0) is 24.6 Å². The highest BCUT2D eigenvalue weighted by Gasteiger charge is 2.12. The number of anilines is 1. The van der Waals surface area contributed by atoms with Gasteiger partial charge in [-0.15, -0.1) is 0 Å². The Morgan fingerprint density at radius 3 is 2.50 bits per heavy atom. The van der Waals surface area contributed by atoms with Crippen LogP contribution in [0.2, 0.25) is 0 Å². The number of nitrogens with one attached hydrogen (secondary N) is 2. The molecule has 0 unspecified atom stereocenters. The average molecular weight is 243 g/mol. The Bertz CT molecular complexity index is 511. The number of hydrogen-bond acceptors (Lipinski definition) is 3. The van der Waals surface area contributed by atoms with Gasteiger partial charge < -0.3 is 5.32 Å². The van der Waals surface area contributed by atoms with E-state index in [-0.39, 0.29) is 5.91 Å². The van der Waals surface area contributed by atoms with E-state index in [0.717, 1.165) is 0 Å². The molecule has 0 radical (unpaired) electrons. The van der Waals surface area contributed by atoms with E-state index in [9.17, 15) is 13.2 Å². The second-order valence-electron chi connectivity index (χ2n) is 3.20. The monoisotopic (exact) mass is 243 g/mol. The molecule has 1 aromatic rings. The SMILES string of the molecule is CNC(=O)c1cccc(NS(N)(=O)=O)c1C. The van der Waals surface area contributed by atoms with Gasteiger partial charge in [-0.25, -0.2) is 5.14 Å².